The van der Waals surface area contributed by atoms with E-state index < -0.39 is 17.3 Å². The number of para-hydroxylation sites is 2. The van der Waals surface area contributed by atoms with E-state index in [1.807, 2.05) is 0 Å². The monoisotopic (exact) mass is 500 g/mol. The quantitative estimate of drug-likeness (QED) is 0.438. The Morgan fingerprint density at radius 2 is 1.46 bits per heavy atom. The molecule has 184 valence electrons. The molecule has 0 saturated heterocycles. The zero-order valence-corrected chi connectivity index (χ0v) is 19.9. The first-order chi connectivity index (χ1) is 16.9. The second kappa shape index (κ2) is 10.0. The number of hydrogen-bond acceptors (Lipinski definition) is 3. The van der Waals surface area contributed by atoms with Gasteiger partial charge in [0.1, 0.15) is 16.7 Å². The van der Waals surface area contributed by atoms with Gasteiger partial charge >= 0.3 is 6.36 Å². The minimum atomic E-state index is -4.75. The standard InChI is InChI=1S/C27H27F3N2O2S/c28-27(29,30)34-23-14-16-24(17-15-23)35(33)31-21-8-5-9-22(18-21)32-25-10-3-1-6-19(25)12-13-20-7-2-4-11-26(20)32/h1-4,6-7,10-11,14-17,21-22,31H,5,8-9,12-13,18H2. The molecule has 1 aliphatic heterocycles. The van der Waals surface area contributed by atoms with Crippen LogP contribution in [0.2, 0.25) is 0 Å². The molecule has 1 fully saturated rings. The molecule has 1 heterocycles. The van der Waals surface area contributed by atoms with Gasteiger partial charge in [0.25, 0.3) is 0 Å². The number of benzene rings is 3. The molecule has 3 unspecified atom stereocenters. The number of nitrogens with zero attached hydrogens (tertiary/aromatic N) is 1. The Labute approximate surface area is 205 Å². The van der Waals surface area contributed by atoms with E-state index in [9.17, 15) is 17.4 Å². The summed E-state index contributed by atoms with van der Waals surface area (Å²) in [6.07, 6.45) is 1.00. The van der Waals surface area contributed by atoms with Gasteiger partial charge < -0.3 is 9.64 Å². The molecular formula is C27H27F3N2O2S. The van der Waals surface area contributed by atoms with Gasteiger partial charge in [-0.2, -0.15) is 0 Å². The lowest BCUT2D eigenvalue weighted by Crippen LogP contribution is -2.43. The van der Waals surface area contributed by atoms with Crippen LogP contribution in [0, 0.1) is 0 Å². The number of halogens is 3. The molecule has 4 nitrogen and oxygen atoms in total. The Morgan fingerprint density at radius 3 is 2.06 bits per heavy atom. The predicted octanol–water partition coefficient (Wildman–Crippen LogP) is 6.45. The number of rotatable bonds is 5. The van der Waals surface area contributed by atoms with Crippen LogP contribution >= 0.6 is 0 Å². The lowest BCUT2D eigenvalue weighted by atomic mass is 9.89. The van der Waals surface area contributed by atoms with E-state index in [0.717, 1.165) is 38.5 Å². The fraction of sp³-hybridized carbons (Fsp3) is 0.333. The first-order valence-electron chi connectivity index (χ1n) is 11.9. The third-order valence-corrected chi connectivity index (χ3v) is 7.97. The first-order valence-corrected chi connectivity index (χ1v) is 13.0. The van der Waals surface area contributed by atoms with E-state index in [1.54, 1.807) is 0 Å². The molecule has 1 aliphatic carbocycles. The second-order valence-corrected chi connectivity index (χ2v) is 10.3. The third-order valence-electron chi connectivity index (χ3n) is 6.72. The number of aryl methyl sites for hydroxylation is 2. The van der Waals surface area contributed by atoms with Crippen LogP contribution < -0.4 is 14.4 Å². The van der Waals surface area contributed by atoms with Crippen molar-refractivity contribution in [3.05, 3.63) is 83.9 Å². The molecule has 5 rings (SSSR count). The molecule has 0 radical (unpaired) electrons. The summed E-state index contributed by atoms with van der Waals surface area (Å²) < 4.78 is 57.3. The summed E-state index contributed by atoms with van der Waals surface area (Å²) in [6.45, 7) is 0. The van der Waals surface area contributed by atoms with Crippen molar-refractivity contribution in [2.24, 2.45) is 0 Å². The fourth-order valence-corrected chi connectivity index (χ4v) is 6.23. The Morgan fingerprint density at radius 1 is 0.857 bits per heavy atom. The molecule has 0 amide bonds. The molecule has 3 aromatic carbocycles. The van der Waals surface area contributed by atoms with Crippen LogP contribution in [0.4, 0.5) is 24.5 Å². The van der Waals surface area contributed by atoms with Crippen molar-refractivity contribution in [1.82, 2.24) is 4.72 Å². The SMILES string of the molecule is O=S(NC1CCCC(N2c3ccccc3CCc3ccccc32)C1)c1ccc(OC(F)(F)F)cc1. The molecule has 8 heteroatoms. The van der Waals surface area contributed by atoms with Gasteiger partial charge in [0.15, 0.2) is 0 Å². The molecule has 0 bridgehead atoms. The summed E-state index contributed by atoms with van der Waals surface area (Å²) in [7, 11) is -1.53. The molecule has 1 N–H and O–H groups in total. The van der Waals surface area contributed by atoms with E-state index in [-0.39, 0.29) is 17.8 Å². The van der Waals surface area contributed by atoms with Gasteiger partial charge in [-0.05, 0) is 86.1 Å². The number of alkyl halides is 3. The Balaban J connectivity index is 1.33. The van der Waals surface area contributed by atoms with Crippen LogP contribution in [-0.2, 0) is 23.8 Å². The summed E-state index contributed by atoms with van der Waals surface area (Å²) in [5.41, 5.74) is 5.15. The van der Waals surface area contributed by atoms with Crippen molar-refractivity contribution in [2.75, 3.05) is 4.90 Å². The highest BCUT2D eigenvalue weighted by molar-refractivity contribution is 7.83. The summed E-state index contributed by atoms with van der Waals surface area (Å²) in [5.74, 6) is -0.325. The summed E-state index contributed by atoms with van der Waals surface area (Å²) in [5, 5.41) is 0. The Hall–Kier alpha value is -2.84. The Bertz CT molecular complexity index is 1150. The number of nitrogens with one attached hydrogen (secondary N) is 1. The number of anilines is 2. The zero-order valence-electron chi connectivity index (χ0n) is 19.1. The average molecular weight is 501 g/mol. The van der Waals surface area contributed by atoms with Crippen LogP contribution in [0.15, 0.2) is 77.7 Å². The average Bonchev–Trinajstić information content (AvgIpc) is 3.00. The van der Waals surface area contributed by atoms with Gasteiger partial charge in [-0.3, -0.25) is 0 Å². The highest BCUT2D eigenvalue weighted by Crippen LogP contribution is 2.40. The van der Waals surface area contributed by atoms with Crippen molar-refractivity contribution in [2.45, 2.75) is 61.9 Å². The van der Waals surface area contributed by atoms with Gasteiger partial charge in [-0.15, -0.1) is 13.2 Å². The van der Waals surface area contributed by atoms with Crippen molar-refractivity contribution >= 4 is 22.4 Å². The van der Waals surface area contributed by atoms with Crippen LogP contribution in [0.5, 0.6) is 5.75 Å². The van der Waals surface area contributed by atoms with Crippen molar-refractivity contribution in [1.29, 1.82) is 0 Å². The van der Waals surface area contributed by atoms with Crippen LogP contribution in [0.1, 0.15) is 36.8 Å². The second-order valence-electron chi connectivity index (χ2n) is 9.05. The van der Waals surface area contributed by atoms with E-state index in [4.69, 9.17) is 0 Å². The van der Waals surface area contributed by atoms with E-state index in [2.05, 4.69) is 62.9 Å². The first kappa shape index (κ1) is 23.9. The topological polar surface area (TPSA) is 41.6 Å². The largest absolute Gasteiger partial charge is 0.573 e. The summed E-state index contributed by atoms with van der Waals surface area (Å²) in [6, 6.07) is 22.6. The highest BCUT2D eigenvalue weighted by Gasteiger charge is 2.33. The maximum absolute atomic E-state index is 13.0. The molecule has 3 aromatic rings. The molecule has 3 atom stereocenters. The van der Waals surface area contributed by atoms with Crippen LogP contribution in [0.3, 0.4) is 0 Å². The fourth-order valence-electron chi connectivity index (χ4n) is 5.20. The lowest BCUT2D eigenvalue weighted by Gasteiger charge is -2.40. The van der Waals surface area contributed by atoms with E-state index in [1.165, 1.54) is 46.8 Å². The number of fused-ring (bicyclic) bond motifs is 2. The molecule has 1 saturated carbocycles. The normalized spacial score (nSPS) is 20.9. The number of hydrogen-bond donors (Lipinski definition) is 1. The summed E-state index contributed by atoms with van der Waals surface area (Å²) in [4.78, 5) is 2.89. The molecule has 35 heavy (non-hydrogen) atoms. The van der Waals surface area contributed by atoms with Crippen LogP contribution in [-0.4, -0.2) is 22.7 Å². The van der Waals surface area contributed by atoms with Crippen molar-refractivity contribution in [3.8, 4) is 5.75 Å². The number of ether oxygens (including phenoxy) is 1. The van der Waals surface area contributed by atoms with Gasteiger partial charge in [0.05, 0.1) is 4.90 Å². The molecule has 2 aliphatic rings. The Kier molecular flexibility index (Phi) is 6.84. The maximum atomic E-state index is 13.0. The van der Waals surface area contributed by atoms with Gasteiger partial charge in [0.2, 0.25) is 0 Å². The van der Waals surface area contributed by atoms with Crippen LogP contribution in [0.25, 0.3) is 0 Å². The smallest absolute Gasteiger partial charge is 0.406 e. The van der Waals surface area contributed by atoms with Crippen molar-refractivity contribution < 1.29 is 22.1 Å². The maximum Gasteiger partial charge on any atom is 0.573 e. The molecular weight excluding hydrogens is 473 g/mol. The van der Waals surface area contributed by atoms with Gasteiger partial charge in [-0.1, -0.05) is 36.4 Å². The highest BCUT2D eigenvalue weighted by atomic mass is 32.2. The van der Waals surface area contributed by atoms with Gasteiger partial charge in [-0.25, -0.2) is 8.93 Å². The third kappa shape index (κ3) is 5.54. The summed E-state index contributed by atoms with van der Waals surface area (Å²) >= 11 is 0. The lowest BCUT2D eigenvalue weighted by molar-refractivity contribution is -0.274. The predicted molar refractivity (Wildman–Crippen MR) is 131 cm³/mol. The minimum absolute atomic E-state index is 0.0308. The van der Waals surface area contributed by atoms with Crippen molar-refractivity contribution in [3.63, 3.8) is 0 Å². The minimum Gasteiger partial charge on any atom is -0.406 e. The molecule has 0 spiro atoms. The van der Waals surface area contributed by atoms with E-state index in [0.29, 0.717) is 4.90 Å². The molecule has 0 aromatic heterocycles. The van der Waals surface area contributed by atoms with Gasteiger partial charge in [0, 0.05) is 23.5 Å². The zero-order chi connectivity index (χ0) is 24.4. The van der Waals surface area contributed by atoms with E-state index >= 15 is 0 Å².